The van der Waals surface area contributed by atoms with Gasteiger partial charge in [-0.1, -0.05) is 0 Å². The van der Waals surface area contributed by atoms with Gasteiger partial charge in [0.25, 0.3) is 0 Å². The summed E-state index contributed by atoms with van der Waals surface area (Å²) in [6.45, 7) is 1.38. The lowest BCUT2D eigenvalue weighted by Crippen LogP contribution is -2.15. The third-order valence-corrected chi connectivity index (χ3v) is 2.20. The number of ether oxygens (including phenoxy) is 2. The molecule has 0 saturated carbocycles. The van der Waals surface area contributed by atoms with E-state index >= 15 is 0 Å². The summed E-state index contributed by atoms with van der Waals surface area (Å²) in [4.78, 5) is 11.5. The average Bonchev–Trinajstić information content (AvgIpc) is 2.39. The largest absolute Gasteiger partial charge is 0.382 e. The highest BCUT2D eigenvalue weighted by atomic mass is 16.5. The minimum absolute atomic E-state index is 0.114. The van der Waals surface area contributed by atoms with Crippen molar-refractivity contribution in [1.82, 2.24) is 0 Å². The van der Waals surface area contributed by atoms with Crippen LogP contribution in [-0.4, -0.2) is 32.8 Å². The Morgan fingerprint density at radius 3 is 2.61 bits per heavy atom. The number of benzene rings is 1. The monoisotopic (exact) mass is 248 g/mol. The van der Waals surface area contributed by atoms with E-state index in [-0.39, 0.29) is 5.91 Å². The van der Waals surface area contributed by atoms with Crippen molar-refractivity contribution in [2.75, 3.05) is 32.2 Å². The fourth-order valence-corrected chi connectivity index (χ4v) is 1.26. The molecule has 5 nitrogen and oxygen atoms in total. The van der Waals surface area contributed by atoms with Crippen LogP contribution in [-0.2, 0) is 14.3 Å². The molecular weight excluding hydrogens is 232 g/mol. The second kappa shape index (κ2) is 8.23. The molecule has 1 aromatic carbocycles. The summed E-state index contributed by atoms with van der Waals surface area (Å²) in [5.74, 6) is -0.114. The number of nitriles is 1. The van der Waals surface area contributed by atoms with E-state index in [0.29, 0.717) is 37.5 Å². The van der Waals surface area contributed by atoms with Crippen LogP contribution in [0.25, 0.3) is 0 Å². The average molecular weight is 248 g/mol. The number of nitrogens with one attached hydrogen (secondary N) is 1. The summed E-state index contributed by atoms with van der Waals surface area (Å²) in [6, 6.07) is 8.72. The molecule has 0 aliphatic heterocycles. The van der Waals surface area contributed by atoms with Crippen molar-refractivity contribution in [3.63, 3.8) is 0 Å². The van der Waals surface area contributed by atoms with Gasteiger partial charge in [0.1, 0.15) is 0 Å². The molecule has 0 saturated heterocycles. The SMILES string of the molecule is COCCOCCC(=O)Nc1ccc(C#N)cc1. The van der Waals surface area contributed by atoms with Crippen LogP contribution in [0.2, 0.25) is 0 Å². The standard InChI is InChI=1S/C13H16N2O3/c1-17-8-9-18-7-6-13(16)15-12-4-2-11(10-14)3-5-12/h2-5H,6-9H2,1H3,(H,15,16). The molecule has 0 fully saturated rings. The summed E-state index contributed by atoms with van der Waals surface area (Å²) < 4.78 is 10.0. The number of nitrogens with zero attached hydrogens (tertiary/aromatic N) is 1. The van der Waals surface area contributed by atoms with Crippen LogP contribution in [0.5, 0.6) is 0 Å². The Bertz CT molecular complexity index is 409. The van der Waals surface area contributed by atoms with Gasteiger partial charge < -0.3 is 14.8 Å². The maximum atomic E-state index is 11.5. The molecule has 18 heavy (non-hydrogen) atoms. The molecule has 0 heterocycles. The van der Waals surface area contributed by atoms with Gasteiger partial charge in [-0.3, -0.25) is 4.79 Å². The van der Waals surface area contributed by atoms with Gasteiger partial charge in [0.2, 0.25) is 5.91 Å². The zero-order chi connectivity index (χ0) is 13.2. The molecular formula is C13H16N2O3. The van der Waals surface area contributed by atoms with E-state index in [2.05, 4.69) is 5.32 Å². The van der Waals surface area contributed by atoms with Crippen molar-refractivity contribution in [3.8, 4) is 6.07 Å². The van der Waals surface area contributed by atoms with Gasteiger partial charge in [-0.2, -0.15) is 5.26 Å². The summed E-state index contributed by atoms with van der Waals surface area (Å²) in [5, 5.41) is 11.4. The van der Waals surface area contributed by atoms with Crippen LogP contribution >= 0.6 is 0 Å². The molecule has 0 aromatic heterocycles. The molecule has 96 valence electrons. The fourth-order valence-electron chi connectivity index (χ4n) is 1.26. The van der Waals surface area contributed by atoms with Crippen LogP contribution < -0.4 is 5.32 Å². The van der Waals surface area contributed by atoms with E-state index < -0.39 is 0 Å². The maximum Gasteiger partial charge on any atom is 0.226 e. The molecule has 1 aromatic rings. The van der Waals surface area contributed by atoms with Gasteiger partial charge in [0.15, 0.2) is 0 Å². The predicted molar refractivity (Wildman–Crippen MR) is 67.1 cm³/mol. The second-order valence-corrected chi connectivity index (χ2v) is 3.59. The van der Waals surface area contributed by atoms with Gasteiger partial charge in [-0.15, -0.1) is 0 Å². The number of carbonyl (C=O) groups excluding carboxylic acids is 1. The molecule has 0 aliphatic carbocycles. The number of hydrogen-bond acceptors (Lipinski definition) is 4. The minimum Gasteiger partial charge on any atom is -0.382 e. The van der Waals surface area contributed by atoms with E-state index in [1.54, 1.807) is 31.4 Å². The van der Waals surface area contributed by atoms with Crippen LogP contribution in [0.15, 0.2) is 24.3 Å². The number of methoxy groups -OCH3 is 1. The lowest BCUT2D eigenvalue weighted by Gasteiger charge is -2.06. The highest BCUT2D eigenvalue weighted by Crippen LogP contribution is 2.08. The highest BCUT2D eigenvalue weighted by Gasteiger charge is 2.02. The summed E-state index contributed by atoms with van der Waals surface area (Å²) in [6.07, 6.45) is 0.295. The molecule has 0 aliphatic rings. The summed E-state index contributed by atoms with van der Waals surface area (Å²) >= 11 is 0. The second-order valence-electron chi connectivity index (χ2n) is 3.59. The van der Waals surface area contributed by atoms with Crippen LogP contribution in [0.3, 0.4) is 0 Å². The first kappa shape index (κ1) is 14.2. The van der Waals surface area contributed by atoms with Crippen LogP contribution in [0.4, 0.5) is 5.69 Å². The zero-order valence-corrected chi connectivity index (χ0v) is 10.3. The topological polar surface area (TPSA) is 71.3 Å². The lowest BCUT2D eigenvalue weighted by atomic mass is 10.2. The van der Waals surface area contributed by atoms with Crippen molar-refractivity contribution >= 4 is 11.6 Å². The number of hydrogen-bond donors (Lipinski definition) is 1. The van der Waals surface area contributed by atoms with E-state index in [0.717, 1.165) is 0 Å². The first-order valence-electron chi connectivity index (χ1n) is 5.63. The Labute approximate surface area is 106 Å². The fraction of sp³-hybridized carbons (Fsp3) is 0.385. The molecule has 1 rings (SSSR count). The molecule has 1 N–H and O–H groups in total. The summed E-state index contributed by atoms with van der Waals surface area (Å²) in [5.41, 5.74) is 1.24. The molecule has 0 radical (unpaired) electrons. The van der Waals surface area contributed by atoms with Crippen molar-refractivity contribution in [2.45, 2.75) is 6.42 Å². The van der Waals surface area contributed by atoms with Crippen molar-refractivity contribution in [3.05, 3.63) is 29.8 Å². The van der Waals surface area contributed by atoms with Crippen molar-refractivity contribution in [2.24, 2.45) is 0 Å². The molecule has 0 bridgehead atoms. The van der Waals surface area contributed by atoms with E-state index in [9.17, 15) is 4.79 Å². The van der Waals surface area contributed by atoms with Crippen LogP contribution in [0.1, 0.15) is 12.0 Å². The van der Waals surface area contributed by atoms with Gasteiger partial charge in [0, 0.05) is 12.8 Å². The van der Waals surface area contributed by atoms with Gasteiger partial charge >= 0.3 is 0 Å². The number of amides is 1. The van der Waals surface area contributed by atoms with E-state index in [1.807, 2.05) is 6.07 Å². The Kier molecular flexibility index (Phi) is 6.47. The van der Waals surface area contributed by atoms with E-state index in [1.165, 1.54) is 0 Å². The van der Waals surface area contributed by atoms with Gasteiger partial charge in [-0.25, -0.2) is 0 Å². The Morgan fingerprint density at radius 2 is 2.00 bits per heavy atom. The molecule has 0 spiro atoms. The summed E-state index contributed by atoms with van der Waals surface area (Å²) in [7, 11) is 1.60. The van der Waals surface area contributed by atoms with Gasteiger partial charge in [-0.05, 0) is 24.3 Å². The predicted octanol–water partition coefficient (Wildman–Crippen LogP) is 1.55. The third kappa shape index (κ3) is 5.43. The molecule has 0 atom stereocenters. The first-order chi connectivity index (χ1) is 8.76. The number of anilines is 1. The maximum absolute atomic E-state index is 11.5. The molecule has 5 heteroatoms. The number of rotatable bonds is 7. The Morgan fingerprint density at radius 1 is 1.28 bits per heavy atom. The third-order valence-electron chi connectivity index (χ3n) is 2.20. The quantitative estimate of drug-likeness (QED) is 0.743. The molecule has 0 unspecified atom stereocenters. The smallest absolute Gasteiger partial charge is 0.226 e. The zero-order valence-electron chi connectivity index (χ0n) is 10.3. The normalized spacial score (nSPS) is 9.78. The van der Waals surface area contributed by atoms with Gasteiger partial charge in [0.05, 0.1) is 37.9 Å². The van der Waals surface area contributed by atoms with Crippen molar-refractivity contribution < 1.29 is 14.3 Å². The molecule has 1 amide bonds. The van der Waals surface area contributed by atoms with Crippen molar-refractivity contribution in [1.29, 1.82) is 5.26 Å². The van der Waals surface area contributed by atoms with Crippen LogP contribution in [0, 0.1) is 11.3 Å². The lowest BCUT2D eigenvalue weighted by molar-refractivity contribution is -0.117. The number of carbonyl (C=O) groups is 1. The highest BCUT2D eigenvalue weighted by molar-refractivity contribution is 5.90. The minimum atomic E-state index is -0.114. The first-order valence-corrected chi connectivity index (χ1v) is 5.63. The Hall–Kier alpha value is -1.90. The van der Waals surface area contributed by atoms with E-state index in [4.69, 9.17) is 14.7 Å². The Balaban J connectivity index is 2.25.